The monoisotopic (exact) mass is 402 g/mol. The summed E-state index contributed by atoms with van der Waals surface area (Å²) in [6.07, 6.45) is 4.74. The van der Waals surface area contributed by atoms with Crippen LogP contribution in [0.5, 0.6) is 0 Å². The lowest BCUT2D eigenvalue weighted by molar-refractivity contribution is -0.123. The molecule has 0 unspecified atom stereocenters. The summed E-state index contributed by atoms with van der Waals surface area (Å²) < 4.78 is 26.8. The Morgan fingerprint density at radius 2 is 1.89 bits per heavy atom. The molecule has 1 saturated heterocycles. The van der Waals surface area contributed by atoms with Crippen LogP contribution in [0.3, 0.4) is 0 Å². The smallest absolute Gasteiger partial charge is 0.243 e. The number of pyridine rings is 1. The zero-order valence-corrected chi connectivity index (χ0v) is 16.8. The van der Waals surface area contributed by atoms with Crippen molar-refractivity contribution >= 4 is 15.9 Å². The van der Waals surface area contributed by atoms with Crippen molar-refractivity contribution in [2.24, 2.45) is 0 Å². The zero-order valence-electron chi connectivity index (χ0n) is 16.0. The number of carbonyl (C=O) groups is 1. The lowest BCUT2D eigenvalue weighted by Crippen LogP contribution is -2.48. The van der Waals surface area contributed by atoms with E-state index in [-0.39, 0.29) is 18.5 Å². The maximum Gasteiger partial charge on any atom is 0.243 e. The van der Waals surface area contributed by atoms with Gasteiger partial charge in [0.05, 0.1) is 11.4 Å². The van der Waals surface area contributed by atoms with Crippen LogP contribution in [0.15, 0.2) is 59.8 Å². The summed E-state index contributed by atoms with van der Waals surface area (Å²) in [5.41, 5.74) is 1.05. The minimum atomic E-state index is -3.46. The van der Waals surface area contributed by atoms with E-state index in [9.17, 15) is 13.2 Å². The third-order valence-electron chi connectivity index (χ3n) is 4.79. The van der Waals surface area contributed by atoms with Gasteiger partial charge >= 0.3 is 0 Å². The van der Waals surface area contributed by atoms with Crippen LogP contribution in [0.4, 0.5) is 0 Å². The number of nitrogens with one attached hydrogen (secondary N) is 1. The molecule has 1 aliphatic rings. The maximum atomic E-state index is 12.7. The fourth-order valence-electron chi connectivity index (χ4n) is 3.36. The molecule has 1 N–H and O–H groups in total. The molecular formula is C20H26N4O3S. The van der Waals surface area contributed by atoms with E-state index in [2.05, 4.69) is 10.3 Å². The zero-order chi connectivity index (χ0) is 20.0. The number of rotatable bonds is 7. The number of piperidine rings is 1. The predicted octanol–water partition coefficient (Wildman–Crippen LogP) is 1.48. The van der Waals surface area contributed by atoms with Gasteiger partial charge in [-0.25, -0.2) is 8.42 Å². The van der Waals surface area contributed by atoms with Crippen molar-refractivity contribution in [1.82, 2.24) is 19.5 Å². The standard InChI is InChI=1S/C20H26N4O3S/c1-23(15-17-6-5-11-21-14-17)16-20(25)22-18-9-12-24(13-10-18)28(26,27)19-7-3-2-4-8-19/h2-8,11,14,18H,9-10,12-13,15-16H2,1H3,(H,22,25). The molecule has 1 fully saturated rings. The molecule has 0 bridgehead atoms. The van der Waals surface area contributed by atoms with Gasteiger partial charge in [-0.15, -0.1) is 0 Å². The van der Waals surface area contributed by atoms with Gasteiger partial charge in [-0.2, -0.15) is 4.31 Å². The van der Waals surface area contributed by atoms with Crippen molar-refractivity contribution in [3.63, 3.8) is 0 Å². The summed E-state index contributed by atoms with van der Waals surface area (Å²) in [6.45, 7) is 1.76. The third-order valence-corrected chi connectivity index (χ3v) is 6.70. The molecule has 0 spiro atoms. The van der Waals surface area contributed by atoms with Gasteiger partial charge in [0.1, 0.15) is 0 Å². The van der Waals surface area contributed by atoms with Crippen LogP contribution >= 0.6 is 0 Å². The molecular weight excluding hydrogens is 376 g/mol. The SMILES string of the molecule is CN(CC(=O)NC1CCN(S(=O)(=O)c2ccccc2)CC1)Cc1cccnc1. The van der Waals surface area contributed by atoms with E-state index in [4.69, 9.17) is 0 Å². The lowest BCUT2D eigenvalue weighted by atomic mass is 10.1. The summed E-state index contributed by atoms with van der Waals surface area (Å²) in [4.78, 5) is 18.6. The summed E-state index contributed by atoms with van der Waals surface area (Å²) in [5.74, 6) is -0.0456. The minimum Gasteiger partial charge on any atom is -0.352 e. The van der Waals surface area contributed by atoms with Gasteiger partial charge in [0.25, 0.3) is 0 Å². The molecule has 0 saturated carbocycles. The van der Waals surface area contributed by atoms with Gasteiger partial charge in [0.2, 0.25) is 15.9 Å². The molecule has 8 heteroatoms. The summed E-state index contributed by atoms with van der Waals surface area (Å²) in [5, 5.41) is 3.03. The van der Waals surface area contributed by atoms with Crippen LogP contribution < -0.4 is 5.32 Å². The number of likely N-dealkylation sites (N-methyl/N-ethyl adjacent to an activating group) is 1. The number of hydrogen-bond donors (Lipinski definition) is 1. The second-order valence-corrected chi connectivity index (χ2v) is 9.03. The third kappa shape index (κ3) is 5.37. The van der Waals surface area contributed by atoms with E-state index in [0.29, 0.717) is 37.4 Å². The Labute approximate surface area is 166 Å². The Balaban J connectivity index is 1.45. The molecule has 3 rings (SSSR count). The van der Waals surface area contributed by atoms with E-state index in [1.165, 1.54) is 4.31 Å². The molecule has 1 aromatic heterocycles. The van der Waals surface area contributed by atoms with Crippen LogP contribution in [-0.2, 0) is 21.4 Å². The fourth-order valence-corrected chi connectivity index (χ4v) is 4.85. The van der Waals surface area contributed by atoms with E-state index < -0.39 is 10.0 Å². The topological polar surface area (TPSA) is 82.6 Å². The van der Waals surface area contributed by atoms with Crippen molar-refractivity contribution < 1.29 is 13.2 Å². The normalized spacial score (nSPS) is 16.2. The van der Waals surface area contributed by atoms with Gasteiger partial charge in [-0.3, -0.25) is 14.7 Å². The first-order chi connectivity index (χ1) is 13.4. The first-order valence-corrected chi connectivity index (χ1v) is 10.8. The number of hydrogen-bond acceptors (Lipinski definition) is 5. The number of nitrogens with zero attached hydrogens (tertiary/aromatic N) is 3. The summed E-state index contributed by atoms with van der Waals surface area (Å²) in [6, 6.07) is 12.3. The molecule has 0 atom stereocenters. The molecule has 0 aliphatic carbocycles. The molecule has 7 nitrogen and oxygen atoms in total. The molecule has 0 radical (unpaired) electrons. The Bertz CT molecular complexity index is 867. The highest BCUT2D eigenvalue weighted by Crippen LogP contribution is 2.20. The molecule has 2 aromatic rings. The number of amides is 1. The minimum absolute atomic E-state index is 0.00140. The van der Waals surface area contributed by atoms with Crippen LogP contribution in [0.1, 0.15) is 18.4 Å². The van der Waals surface area contributed by atoms with E-state index in [0.717, 1.165) is 5.56 Å². The second-order valence-electron chi connectivity index (χ2n) is 7.09. The van der Waals surface area contributed by atoms with Crippen LogP contribution in [0.25, 0.3) is 0 Å². The van der Waals surface area contributed by atoms with E-state index in [1.54, 1.807) is 42.7 Å². The molecule has 150 valence electrons. The van der Waals surface area contributed by atoms with Crippen LogP contribution in [0, 0.1) is 0 Å². The Morgan fingerprint density at radius 3 is 2.54 bits per heavy atom. The second kappa shape index (κ2) is 9.27. The van der Waals surface area contributed by atoms with Crippen molar-refractivity contribution in [2.75, 3.05) is 26.7 Å². The quantitative estimate of drug-likeness (QED) is 0.759. The molecule has 28 heavy (non-hydrogen) atoms. The highest BCUT2D eigenvalue weighted by Gasteiger charge is 2.29. The van der Waals surface area contributed by atoms with Gasteiger partial charge < -0.3 is 5.32 Å². The first kappa shape index (κ1) is 20.4. The fraction of sp³-hybridized carbons (Fsp3) is 0.400. The molecule has 1 aliphatic heterocycles. The van der Waals surface area contributed by atoms with Gasteiger partial charge in [0.15, 0.2) is 0 Å². The first-order valence-electron chi connectivity index (χ1n) is 9.37. The van der Waals surface area contributed by atoms with Crippen molar-refractivity contribution in [1.29, 1.82) is 0 Å². The summed E-state index contributed by atoms with van der Waals surface area (Å²) in [7, 11) is -1.57. The highest BCUT2D eigenvalue weighted by atomic mass is 32.2. The average Bonchev–Trinajstić information content (AvgIpc) is 2.69. The Morgan fingerprint density at radius 1 is 1.18 bits per heavy atom. The van der Waals surface area contributed by atoms with Gasteiger partial charge in [0, 0.05) is 38.1 Å². The molecule has 2 heterocycles. The van der Waals surface area contributed by atoms with Crippen molar-refractivity contribution in [3.05, 3.63) is 60.4 Å². The maximum absolute atomic E-state index is 12.7. The number of carbonyl (C=O) groups excluding carboxylic acids is 1. The Hall–Kier alpha value is -2.29. The average molecular weight is 403 g/mol. The van der Waals surface area contributed by atoms with Gasteiger partial charge in [-0.1, -0.05) is 24.3 Å². The number of aromatic nitrogens is 1. The number of sulfonamides is 1. The Kier molecular flexibility index (Phi) is 6.77. The van der Waals surface area contributed by atoms with E-state index >= 15 is 0 Å². The molecule has 1 amide bonds. The van der Waals surface area contributed by atoms with E-state index in [1.807, 2.05) is 24.1 Å². The van der Waals surface area contributed by atoms with Crippen molar-refractivity contribution in [3.8, 4) is 0 Å². The summed E-state index contributed by atoms with van der Waals surface area (Å²) >= 11 is 0. The van der Waals surface area contributed by atoms with Crippen LogP contribution in [0.2, 0.25) is 0 Å². The van der Waals surface area contributed by atoms with Crippen LogP contribution in [-0.4, -0.2) is 61.2 Å². The number of benzene rings is 1. The largest absolute Gasteiger partial charge is 0.352 e. The molecule has 1 aromatic carbocycles. The highest BCUT2D eigenvalue weighted by molar-refractivity contribution is 7.89. The van der Waals surface area contributed by atoms with Gasteiger partial charge in [-0.05, 0) is 43.7 Å². The van der Waals surface area contributed by atoms with Crippen molar-refractivity contribution in [2.45, 2.75) is 30.3 Å². The predicted molar refractivity (Wildman–Crippen MR) is 107 cm³/mol. The lowest BCUT2D eigenvalue weighted by Gasteiger charge is -2.32.